The molecule has 2 heterocycles. The predicted molar refractivity (Wildman–Crippen MR) is 107 cm³/mol. The van der Waals surface area contributed by atoms with Crippen LogP contribution in [0.1, 0.15) is 23.5 Å². The third-order valence-corrected chi connectivity index (χ3v) is 6.66. The van der Waals surface area contributed by atoms with Crippen LogP contribution in [0.2, 0.25) is 5.02 Å². The molecule has 2 aliphatic rings. The highest BCUT2D eigenvalue weighted by atomic mass is 35.5. The highest BCUT2D eigenvalue weighted by molar-refractivity contribution is 8.02. The molecular formula is C21H18ClFN3OS+. The first-order chi connectivity index (χ1) is 13.6. The van der Waals surface area contributed by atoms with Gasteiger partial charge in [-0.1, -0.05) is 48.0 Å². The lowest BCUT2D eigenvalue weighted by Crippen LogP contribution is -3.12. The second-order valence-electron chi connectivity index (χ2n) is 6.90. The van der Waals surface area contributed by atoms with Crippen LogP contribution in [-0.2, 0) is 11.3 Å². The number of carbonyl (C=O) groups excluding carboxylic acids is 1. The number of quaternary nitrogens is 1. The highest BCUT2D eigenvalue weighted by Gasteiger charge is 2.41. The summed E-state index contributed by atoms with van der Waals surface area (Å²) in [6.07, 6.45) is 0.0478. The SMILES string of the molecule is N#CC1=C2SC[NH+](Cc3ccccc3)CN2C(=O)C[C@@H]1c1c(F)cccc1Cl. The summed E-state index contributed by atoms with van der Waals surface area (Å²) >= 11 is 7.69. The molecule has 0 spiro atoms. The Kier molecular flexibility index (Phi) is 5.40. The van der Waals surface area contributed by atoms with Gasteiger partial charge in [-0.2, -0.15) is 5.26 Å². The largest absolute Gasteiger partial charge is 0.305 e. The molecule has 1 unspecified atom stereocenters. The van der Waals surface area contributed by atoms with Crippen LogP contribution in [0.5, 0.6) is 0 Å². The maximum Gasteiger partial charge on any atom is 0.232 e. The van der Waals surface area contributed by atoms with E-state index in [1.165, 1.54) is 34.4 Å². The van der Waals surface area contributed by atoms with Crippen LogP contribution in [0.4, 0.5) is 4.39 Å². The second kappa shape index (κ2) is 7.96. The smallest absolute Gasteiger partial charge is 0.232 e. The highest BCUT2D eigenvalue weighted by Crippen LogP contribution is 2.43. The Morgan fingerprint density at radius 3 is 2.75 bits per heavy atom. The molecule has 28 heavy (non-hydrogen) atoms. The van der Waals surface area contributed by atoms with Gasteiger partial charge in [-0.05, 0) is 23.9 Å². The zero-order valence-electron chi connectivity index (χ0n) is 15.0. The van der Waals surface area contributed by atoms with Crippen molar-refractivity contribution >= 4 is 29.3 Å². The lowest BCUT2D eigenvalue weighted by molar-refractivity contribution is -0.910. The molecule has 0 aromatic heterocycles. The van der Waals surface area contributed by atoms with Gasteiger partial charge in [-0.25, -0.2) is 4.39 Å². The molecule has 142 valence electrons. The maximum atomic E-state index is 14.4. The molecule has 4 rings (SSSR count). The number of hydrogen-bond donors (Lipinski definition) is 1. The third kappa shape index (κ3) is 3.53. The van der Waals surface area contributed by atoms with Crippen molar-refractivity contribution in [1.82, 2.24) is 4.90 Å². The average molecular weight is 415 g/mol. The minimum Gasteiger partial charge on any atom is -0.305 e. The topological polar surface area (TPSA) is 48.5 Å². The number of thioether (sulfide) groups is 1. The van der Waals surface area contributed by atoms with Crippen LogP contribution in [-0.4, -0.2) is 23.4 Å². The molecule has 4 nitrogen and oxygen atoms in total. The molecule has 2 aliphatic heterocycles. The van der Waals surface area contributed by atoms with Crippen molar-refractivity contribution in [2.45, 2.75) is 18.9 Å². The Balaban J connectivity index is 1.64. The number of nitriles is 1. The first kappa shape index (κ1) is 19.0. The maximum absolute atomic E-state index is 14.4. The number of halogens is 2. The summed E-state index contributed by atoms with van der Waals surface area (Å²) in [5, 5.41) is 10.7. The van der Waals surface area contributed by atoms with Crippen LogP contribution >= 0.6 is 23.4 Å². The van der Waals surface area contributed by atoms with Crippen LogP contribution in [0, 0.1) is 17.1 Å². The molecule has 0 saturated carbocycles. The zero-order valence-corrected chi connectivity index (χ0v) is 16.6. The molecule has 2 aromatic carbocycles. The van der Waals surface area contributed by atoms with Crippen molar-refractivity contribution in [2.24, 2.45) is 0 Å². The fraction of sp³-hybridized carbons (Fsp3) is 0.238. The van der Waals surface area contributed by atoms with Crippen LogP contribution in [0.15, 0.2) is 59.1 Å². The van der Waals surface area contributed by atoms with E-state index in [1.54, 1.807) is 11.0 Å². The Morgan fingerprint density at radius 2 is 2.04 bits per heavy atom. The van der Waals surface area contributed by atoms with E-state index >= 15 is 0 Å². The number of hydrogen-bond acceptors (Lipinski definition) is 3. The first-order valence-corrected chi connectivity index (χ1v) is 10.3. The van der Waals surface area contributed by atoms with Gasteiger partial charge in [0.2, 0.25) is 5.91 Å². The summed E-state index contributed by atoms with van der Waals surface area (Å²) in [6, 6.07) is 16.8. The Hall–Kier alpha value is -2.33. The fourth-order valence-corrected chi connectivity index (χ4v) is 5.25. The Bertz CT molecular complexity index is 969. The monoisotopic (exact) mass is 414 g/mol. The standard InChI is InChI=1S/C21H17ClFN3OS/c22-17-7-4-8-18(23)20(17)15-9-19(27)26-12-25(11-14-5-2-1-3-6-14)13-28-21(26)16(15)10-24/h1-8,15H,9,11-13H2/p+1/t15-/m0/s1. The molecule has 0 bridgehead atoms. The molecule has 1 N–H and O–H groups in total. The van der Waals surface area contributed by atoms with Gasteiger partial charge in [0.25, 0.3) is 0 Å². The number of amides is 1. The van der Waals surface area contributed by atoms with E-state index < -0.39 is 11.7 Å². The van der Waals surface area contributed by atoms with Gasteiger partial charge < -0.3 is 4.90 Å². The van der Waals surface area contributed by atoms with E-state index in [0.717, 1.165) is 12.4 Å². The van der Waals surface area contributed by atoms with Crippen molar-refractivity contribution in [3.8, 4) is 6.07 Å². The molecule has 1 fully saturated rings. The predicted octanol–water partition coefficient (Wildman–Crippen LogP) is 3.28. The number of fused-ring (bicyclic) bond motifs is 1. The summed E-state index contributed by atoms with van der Waals surface area (Å²) in [6.45, 7) is 1.30. The molecule has 0 radical (unpaired) electrons. The van der Waals surface area contributed by atoms with Crippen molar-refractivity contribution < 1.29 is 14.1 Å². The van der Waals surface area contributed by atoms with Crippen LogP contribution in [0.3, 0.4) is 0 Å². The zero-order chi connectivity index (χ0) is 19.7. The van der Waals surface area contributed by atoms with Crippen molar-refractivity contribution in [2.75, 3.05) is 12.5 Å². The summed E-state index contributed by atoms with van der Waals surface area (Å²) < 4.78 is 14.4. The van der Waals surface area contributed by atoms with Gasteiger partial charge in [-0.3, -0.25) is 9.69 Å². The Labute approximate surface area is 172 Å². The number of nitrogens with one attached hydrogen (secondary N) is 1. The first-order valence-electron chi connectivity index (χ1n) is 8.97. The lowest BCUT2D eigenvalue weighted by atomic mass is 9.86. The second-order valence-corrected chi connectivity index (χ2v) is 8.27. The summed E-state index contributed by atoms with van der Waals surface area (Å²) in [7, 11) is 0. The van der Waals surface area contributed by atoms with Gasteiger partial charge in [0.05, 0.1) is 11.6 Å². The van der Waals surface area contributed by atoms with Gasteiger partial charge in [-0.15, -0.1) is 0 Å². The molecule has 2 atom stereocenters. The van der Waals surface area contributed by atoms with E-state index in [0.29, 0.717) is 17.3 Å². The van der Waals surface area contributed by atoms with Crippen LogP contribution in [0.25, 0.3) is 0 Å². The summed E-state index contributed by atoms with van der Waals surface area (Å²) in [5.74, 6) is -0.488. The minimum atomic E-state index is -0.638. The van der Waals surface area contributed by atoms with Crippen molar-refractivity contribution in [3.05, 3.63) is 81.1 Å². The van der Waals surface area contributed by atoms with Gasteiger partial charge in [0.15, 0.2) is 6.67 Å². The number of benzene rings is 2. The third-order valence-electron chi connectivity index (χ3n) is 5.06. The van der Waals surface area contributed by atoms with Crippen LogP contribution < -0.4 is 4.90 Å². The number of rotatable bonds is 3. The van der Waals surface area contributed by atoms with Gasteiger partial charge >= 0.3 is 0 Å². The Morgan fingerprint density at radius 1 is 1.25 bits per heavy atom. The number of nitrogens with zero attached hydrogens (tertiary/aromatic N) is 2. The van der Waals surface area contributed by atoms with E-state index in [-0.39, 0.29) is 22.9 Å². The molecule has 0 aliphatic carbocycles. The van der Waals surface area contributed by atoms with Gasteiger partial charge in [0, 0.05) is 28.5 Å². The molecule has 1 saturated heterocycles. The minimum absolute atomic E-state index is 0.0478. The fourth-order valence-electron chi connectivity index (χ4n) is 3.76. The average Bonchev–Trinajstić information content (AvgIpc) is 2.69. The molecule has 1 amide bonds. The lowest BCUT2D eigenvalue weighted by Gasteiger charge is -2.39. The van der Waals surface area contributed by atoms with E-state index in [1.807, 2.05) is 18.2 Å². The van der Waals surface area contributed by atoms with E-state index in [2.05, 4.69) is 18.2 Å². The quantitative estimate of drug-likeness (QED) is 0.838. The number of carbonyl (C=O) groups is 1. The number of allylic oxidation sites excluding steroid dienone is 1. The molecule has 2 aromatic rings. The van der Waals surface area contributed by atoms with E-state index in [9.17, 15) is 14.4 Å². The van der Waals surface area contributed by atoms with Crippen molar-refractivity contribution in [1.29, 1.82) is 5.26 Å². The normalized spacial score (nSPS) is 22.0. The summed E-state index contributed by atoms with van der Waals surface area (Å²) in [5.41, 5.74) is 1.86. The van der Waals surface area contributed by atoms with E-state index in [4.69, 9.17) is 11.6 Å². The van der Waals surface area contributed by atoms with Crippen molar-refractivity contribution in [3.63, 3.8) is 0 Å². The molecule has 7 heteroatoms. The summed E-state index contributed by atoms with van der Waals surface area (Å²) in [4.78, 5) is 15.8. The molecular weight excluding hydrogens is 397 g/mol. The van der Waals surface area contributed by atoms with Gasteiger partial charge in [0.1, 0.15) is 23.3 Å².